The number of rotatable bonds is 6. The van der Waals surface area contributed by atoms with Crippen molar-refractivity contribution in [2.24, 2.45) is 5.92 Å². The number of benzene rings is 1. The van der Waals surface area contributed by atoms with E-state index in [0.717, 1.165) is 11.3 Å². The summed E-state index contributed by atoms with van der Waals surface area (Å²) in [5, 5.41) is 11.4. The molecule has 0 aliphatic rings. The van der Waals surface area contributed by atoms with Gasteiger partial charge in [0.15, 0.2) is 5.78 Å². The van der Waals surface area contributed by atoms with Crippen LogP contribution in [0.25, 0.3) is 0 Å². The molecule has 1 amide bonds. The highest BCUT2D eigenvalue weighted by Gasteiger charge is 2.12. The Bertz CT molecular complexity index is 559. The number of hydrogen-bond donors (Lipinski definition) is 3. The minimum absolute atomic E-state index is 0.0111. The van der Waals surface area contributed by atoms with E-state index >= 15 is 0 Å². The van der Waals surface area contributed by atoms with Crippen molar-refractivity contribution < 1.29 is 14.8 Å². The lowest BCUT2D eigenvalue weighted by molar-refractivity contribution is -0.124. The Hall–Kier alpha value is -2.40. The number of hydrogen-bond acceptors (Lipinski definition) is 4. The number of hydroxylamine groups is 1. The lowest BCUT2D eigenvalue weighted by Crippen LogP contribution is -2.15. The Morgan fingerprint density at radius 3 is 2.33 bits per heavy atom. The molecule has 1 atom stereocenters. The lowest BCUT2D eigenvalue weighted by Gasteiger charge is -2.08. The summed E-state index contributed by atoms with van der Waals surface area (Å²) in [5.74, 6) is -0.895. The third kappa shape index (κ3) is 5.24. The van der Waals surface area contributed by atoms with Crippen LogP contribution in [0.4, 0.5) is 5.69 Å². The molecular weight excluding hydrogens is 268 g/mol. The van der Waals surface area contributed by atoms with Crippen molar-refractivity contribution in [1.82, 2.24) is 5.48 Å². The quantitative estimate of drug-likeness (QED) is 0.247. The Morgan fingerprint density at radius 2 is 1.81 bits per heavy atom. The second-order valence-electron chi connectivity index (χ2n) is 4.70. The molecule has 5 nitrogen and oxygen atoms in total. The summed E-state index contributed by atoms with van der Waals surface area (Å²) in [7, 11) is 1.82. The topological polar surface area (TPSA) is 78.4 Å². The first-order chi connectivity index (χ1) is 9.97. The first kappa shape index (κ1) is 16.7. The third-order valence-electron chi connectivity index (χ3n) is 2.99. The van der Waals surface area contributed by atoms with E-state index in [4.69, 9.17) is 5.21 Å². The van der Waals surface area contributed by atoms with Crippen LogP contribution in [-0.2, 0) is 4.79 Å². The molecule has 0 bridgehead atoms. The predicted molar refractivity (Wildman–Crippen MR) is 82.3 cm³/mol. The monoisotopic (exact) mass is 288 g/mol. The second-order valence-corrected chi connectivity index (χ2v) is 4.70. The zero-order valence-corrected chi connectivity index (χ0v) is 12.4. The highest BCUT2D eigenvalue weighted by molar-refractivity contribution is 5.99. The largest absolute Gasteiger partial charge is 0.388 e. The molecule has 0 aromatic heterocycles. The first-order valence-corrected chi connectivity index (χ1v) is 6.60. The normalized spacial score (nSPS) is 13.0. The van der Waals surface area contributed by atoms with Crippen molar-refractivity contribution in [2.45, 2.75) is 13.8 Å². The molecule has 112 valence electrons. The molecule has 0 spiro atoms. The molecular formula is C16H20N2O3. The van der Waals surface area contributed by atoms with E-state index in [1.54, 1.807) is 38.1 Å². The van der Waals surface area contributed by atoms with Crippen molar-refractivity contribution in [1.29, 1.82) is 0 Å². The number of anilines is 1. The molecule has 3 N–H and O–H groups in total. The summed E-state index contributed by atoms with van der Waals surface area (Å²) in [4.78, 5) is 23.1. The predicted octanol–water partition coefficient (Wildman–Crippen LogP) is 2.56. The minimum Gasteiger partial charge on any atom is -0.388 e. The Balaban J connectivity index is 2.77. The number of ketones is 1. The smallest absolute Gasteiger partial charge is 0.267 e. The summed E-state index contributed by atoms with van der Waals surface area (Å²) >= 11 is 0. The highest BCUT2D eigenvalue weighted by Crippen LogP contribution is 2.15. The zero-order valence-electron chi connectivity index (χ0n) is 12.4. The Morgan fingerprint density at radius 1 is 1.19 bits per heavy atom. The fraction of sp³-hybridized carbons (Fsp3) is 0.250. The van der Waals surface area contributed by atoms with Crippen molar-refractivity contribution in [3.8, 4) is 0 Å². The van der Waals surface area contributed by atoms with Gasteiger partial charge in [-0.15, -0.1) is 0 Å². The van der Waals surface area contributed by atoms with E-state index < -0.39 is 5.91 Å². The van der Waals surface area contributed by atoms with Crippen LogP contribution in [0.2, 0.25) is 0 Å². The molecule has 0 saturated carbocycles. The number of carbonyl (C=O) groups is 2. The van der Waals surface area contributed by atoms with Gasteiger partial charge in [0.05, 0.1) is 0 Å². The van der Waals surface area contributed by atoms with E-state index in [2.05, 4.69) is 5.32 Å². The zero-order chi connectivity index (χ0) is 15.8. The number of allylic oxidation sites excluding steroid dienone is 3. The van der Waals surface area contributed by atoms with E-state index in [9.17, 15) is 9.59 Å². The SMILES string of the molecule is CNc1ccc(C(=O)[C@H](C)C=C(C)C=CC(=O)NO)cc1. The second kappa shape index (κ2) is 8.01. The number of carbonyl (C=O) groups excluding carboxylic acids is 2. The molecule has 0 unspecified atom stereocenters. The van der Waals surface area contributed by atoms with Crippen LogP contribution in [0.15, 0.2) is 48.1 Å². The molecule has 21 heavy (non-hydrogen) atoms. The van der Waals surface area contributed by atoms with E-state index in [1.807, 2.05) is 19.2 Å². The van der Waals surface area contributed by atoms with Gasteiger partial charge in [0.2, 0.25) is 0 Å². The molecule has 0 saturated heterocycles. The first-order valence-electron chi connectivity index (χ1n) is 6.60. The van der Waals surface area contributed by atoms with Crippen molar-refractivity contribution >= 4 is 17.4 Å². The van der Waals surface area contributed by atoms with E-state index in [-0.39, 0.29) is 11.7 Å². The molecule has 5 heteroatoms. The molecule has 1 aromatic rings. The summed E-state index contributed by atoms with van der Waals surface area (Å²) in [6.07, 6.45) is 4.51. The third-order valence-corrected chi connectivity index (χ3v) is 2.99. The Labute approximate surface area is 124 Å². The fourth-order valence-corrected chi connectivity index (χ4v) is 1.83. The van der Waals surface area contributed by atoms with Gasteiger partial charge in [0.25, 0.3) is 5.91 Å². The van der Waals surface area contributed by atoms with Crippen LogP contribution in [0.1, 0.15) is 24.2 Å². The van der Waals surface area contributed by atoms with Crippen molar-refractivity contribution in [3.63, 3.8) is 0 Å². The van der Waals surface area contributed by atoms with Gasteiger partial charge in [-0.2, -0.15) is 0 Å². The standard InChI is InChI=1S/C16H20N2O3/c1-11(4-9-15(19)18-21)10-12(2)16(20)13-5-7-14(17-3)8-6-13/h4-10,12,17,21H,1-3H3,(H,18,19)/t12-/m1/s1. The average molecular weight is 288 g/mol. The molecule has 0 aliphatic heterocycles. The van der Waals surface area contributed by atoms with Crippen LogP contribution < -0.4 is 10.8 Å². The van der Waals surface area contributed by atoms with Crippen LogP contribution in [-0.4, -0.2) is 23.9 Å². The summed E-state index contributed by atoms with van der Waals surface area (Å²) in [6, 6.07) is 7.26. The molecule has 1 aromatic carbocycles. The number of Topliss-reactive ketones (excluding diaryl/α,β-unsaturated/α-hetero) is 1. The average Bonchev–Trinajstić information content (AvgIpc) is 2.51. The van der Waals surface area contributed by atoms with E-state index in [1.165, 1.54) is 11.6 Å². The minimum atomic E-state index is -0.607. The van der Waals surface area contributed by atoms with Gasteiger partial charge in [0.1, 0.15) is 0 Å². The van der Waals surface area contributed by atoms with Gasteiger partial charge < -0.3 is 5.32 Å². The van der Waals surface area contributed by atoms with Gasteiger partial charge in [-0.1, -0.05) is 24.6 Å². The lowest BCUT2D eigenvalue weighted by atomic mass is 9.97. The van der Waals surface area contributed by atoms with Crippen molar-refractivity contribution in [3.05, 3.63) is 53.6 Å². The number of nitrogens with one attached hydrogen (secondary N) is 2. The summed E-state index contributed by atoms with van der Waals surface area (Å²) in [5.41, 5.74) is 3.87. The Kier molecular flexibility index (Phi) is 6.36. The van der Waals surface area contributed by atoms with Crippen LogP contribution in [0.3, 0.4) is 0 Å². The van der Waals surface area contributed by atoms with Gasteiger partial charge in [-0.25, -0.2) is 5.48 Å². The molecule has 0 heterocycles. The fourth-order valence-electron chi connectivity index (χ4n) is 1.83. The summed E-state index contributed by atoms with van der Waals surface area (Å²) < 4.78 is 0. The maximum Gasteiger partial charge on any atom is 0.267 e. The molecule has 1 rings (SSSR count). The van der Waals surface area contributed by atoms with Gasteiger partial charge in [0, 0.05) is 30.3 Å². The maximum absolute atomic E-state index is 12.3. The highest BCUT2D eigenvalue weighted by atomic mass is 16.5. The van der Waals surface area contributed by atoms with Gasteiger partial charge in [-0.05, 0) is 31.2 Å². The van der Waals surface area contributed by atoms with Crippen LogP contribution >= 0.6 is 0 Å². The molecule has 0 fully saturated rings. The van der Waals surface area contributed by atoms with Crippen LogP contribution in [0.5, 0.6) is 0 Å². The summed E-state index contributed by atoms with van der Waals surface area (Å²) in [6.45, 7) is 3.59. The molecule has 0 aliphatic carbocycles. The number of amides is 1. The molecule has 0 radical (unpaired) electrons. The maximum atomic E-state index is 12.3. The van der Waals surface area contributed by atoms with Crippen molar-refractivity contribution in [2.75, 3.05) is 12.4 Å². The van der Waals surface area contributed by atoms with Crippen LogP contribution in [0, 0.1) is 5.92 Å². The van der Waals surface area contributed by atoms with E-state index in [0.29, 0.717) is 5.56 Å². The van der Waals surface area contributed by atoms with Gasteiger partial charge >= 0.3 is 0 Å². The van der Waals surface area contributed by atoms with Gasteiger partial charge in [-0.3, -0.25) is 14.8 Å².